The number of anilines is 1. The van der Waals surface area contributed by atoms with Crippen molar-refractivity contribution in [2.45, 2.75) is 24.6 Å². The number of amidine groups is 1. The second-order valence-corrected chi connectivity index (χ2v) is 10.9. The molecule has 1 amide bonds. The minimum absolute atomic E-state index is 0.0863. The lowest BCUT2D eigenvalue weighted by Crippen LogP contribution is -2.37. The number of carbonyl (C=O) groups is 1. The first-order chi connectivity index (χ1) is 13.3. The van der Waals surface area contributed by atoms with Gasteiger partial charge in [0.2, 0.25) is 0 Å². The van der Waals surface area contributed by atoms with Gasteiger partial charge in [-0.1, -0.05) is 47.6 Å². The maximum absolute atomic E-state index is 12.6. The molecule has 146 valence electrons. The normalized spacial score (nSPS) is 24.5. The van der Waals surface area contributed by atoms with Crippen molar-refractivity contribution in [2.75, 3.05) is 16.4 Å². The number of benzene rings is 2. The average molecular weight is 435 g/mol. The summed E-state index contributed by atoms with van der Waals surface area (Å²) in [6.07, 6.45) is 0.177. The number of sulfone groups is 1. The fraction of sp³-hybridized carbons (Fsp3) is 0.300. The van der Waals surface area contributed by atoms with E-state index >= 15 is 0 Å². The van der Waals surface area contributed by atoms with E-state index in [-0.39, 0.29) is 35.1 Å². The summed E-state index contributed by atoms with van der Waals surface area (Å²) in [5.74, 6) is -0.0526. The molecule has 2 saturated heterocycles. The van der Waals surface area contributed by atoms with Crippen LogP contribution in [0.3, 0.4) is 0 Å². The molecule has 8 heteroatoms. The van der Waals surface area contributed by atoms with E-state index in [0.717, 1.165) is 16.8 Å². The second kappa shape index (κ2) is 7.54. The summed E-state index contributed by atoms with van der Waals surface area (Å²) in [5, 5.41) is 1.09. The lowest BCUT2D eigenvalue weighted by Gasteiger charge is -2.24. The molecule has 0 aromatic heterocycles. The highest BCUT2D eigenvalue weighted by atomic mass is 35.5. The maximum Gasteiger partial charge on any atom is 0.252 e. The fourth-order valence-electron chi connectivity index (χ4n) is 3.57. The summed E-state index contributed by atoms with van der Waals surface area (Å²) in [6, 6.07) is 14.7. The minimum Gasteiger partial charge on any atom is -0.316 e. The largest absolute Gasteiger partial charge is 0.316 e. The van der Waals surface area contributed by atoms with E-state index in [1.807, 2.05) is 48.2 Å². The summed E-state index contributed by atoms with van der Waals surface area (Å²) in [5.41, 5.74) is 2.78. The first-order valence-corrected chi connectivity index (χ1v) is 12.0. The van der Waals surface area contributed by atoms with E-state index in [9.17, 15) is 13.2 Å². The van der Waals surface area contributed by atoms with Gasteiger partial charge >= 0.3 is 0 Å². The highest BCUT2D eigenvalue weighted by Crippen LogP contribution is 2.41. The van der Waals surface area contributed by atoms with Crippen molar-refractivity contribution in [3.05, 3.63) is 64.7 Å². The number of halogens is 1. The third-order valence-corrected chi connectivity index (χ3v) is 8.30. The van der Waals surface area contributed by atoms with Crippen LogP contribution in [0.4, 0.5) is 5.69 Å². The van der Waals surface area contributed by atoms with Crippen LogP contribution >= 0.6 is 23.4 Å². The Labute approximate surface area is 173 Å². The van der Waals surface area contributed by atoms with Gasteiger partial charge in [-0.3, -0.25) is 4.79 Å². The molecule has 0 N–H and O–H groups in total. The number of rotatable bonds is 3. The molecular formula is C20H19ClN2O3S2. The smallest absolute Gasteiger partial charge is 0.252 e. The molecule has 2 aliphatic heterocycles. The van der Waals surface area contributed by atoms with Crippen molar-refractivity contribution in [3.8, 4) is 0 Å². The molecule has 0 radical (unpaired) electrons. The zero-order valence-corrected chi connectivity index (χ0v) is 17.6. The van der Waals surface area contributed by atoms with Gasteiger partial charge < -0.3 is 4.90 Å². The minimum atomic E-state index is -3.08. The zero-order valence-electron chi connectivity index (χ0n) is 15.2. The molecule has 0 spiro atoms. The molecule has 0 unspecified atom stereocenters. The fourth-order valence-corrected chi connectivity index (χ4v) is 7.62. The zero-order chi connectivity index (χ0) is 19.9. The molecule has 0 saturated carbocycles. The topological polar surface area (TPSA) is 66.8 Å². The number of amides is 1. The first kappa shape index (κ1) is 19.5. The van der Waals surface area contributed by atoms with Gasteiger partial charge in [0.1, 0.15) is 0 Å². The highest BCUT2D eigenvalue weighted by Gasteiger charge is 2.49. The molecule has 4 rings (SSSR count). The van der Waals surface area contributed by atoms with Crippen LogP contribution in [0.25, 0.3) is 0 Å². The van der Waals surface area contributed by atoms with Crippen molar-refractivity contribution in [2.24, 2.45) is 4.99 Å². The second-order valence-electron chi connectivity index (χ2n) is 7.10. The number of aliphatic imine (C=N–C) groups is 1. The Bertz CT molecular complexity index is 1050. The molecule has 2 heterocycles. The maximum atomic E-state index is 12.6. The monoisotopic (exact) mass is 434 g/mol. The SMILES string of the molecule is Cc1cccc(N2C(=NC(=O)Cc3ccc(Cl)cc3)S[C@H]3CS(=O)(=O)C[C@H]32)c1. The van der Waals surface area contributed by atoms with Crippen LogP contribution < -0.4 is 4.90 Å². The van der Waals surface area contributed by atoms with E-state index in [1.54, 1.807) is 12.1 Å². The number of hydrogen-bond acceptors (Lipinski definition) is 4. The van der Waals surface area contributed by atoms with Crippen LogP contribution in [0.1, 0.15) is 11.1 Å². The van der Waals surface area contributed by atoms with E-state index < -0.39 is 9.84 Å². The van der Waals surface area contributed by atoms with Gasteiger partial charge in [0, 0.05) is 16.0 Å². The standard InChI is InChI=1S/C20H19ClN2O3S2/c1-13-3-2-4-16(9-13)23-17-11-28(25,26)12-18(17)27-20(23)22-19(24)10-14-5-7-15(21)8-6-14/h2-9,17-18H,10-12H2,1H3/t17-,18+/m1/s1. The molecule has 5 nitrogen and oxygen atoms in total. The summed E-state index contributed by atoms with van der Waals surface area (Å²) in [6.45, 7) is 1.98. The number of thioether (sulfide) groups is 1. The van der Waals surface area contributed by atoms with Crippen molar-refractivity contribution < 1.29 is 13.2 Å². The molecule has 2 atom stereocenters. The average Bonchev–Trinajstić information content (AvgIpc) is 3.07. The van der Waals surface area contributed by atoms with Gasteiger partial charge in [-0.2, -0.15) is 4.99 Å². The van der Waals surface area contributed by atoms with Crippen LogP contribution in [0, 0.1) is 6.92 Å². The van der Waals surface area contributed by atoms with Crippen LogP contribution in [0.2, 0.25) is 5.02 Å². The van der Waals surface area contributed by atoms with Crippen molar-refractivity contribution in [1.82, 2.24) is 0 Å². The van der Waals surface area contributed by atoms with Gasteiger partial charge in [0.25, 0.3) is 5.91 Å². The van der Waals surface area contributed by atoms with Crippen molar-refractivity contribution >= 4 is 50.0 Å². The third kappa shape index (κ3) is 4.11. The van der Waals surface area contributed by atoms with Crippen molar-refractivity contribution in [1.29, 1.82) is 0 Å². The Morgan fingerprint density at radius 2 is 1.96 bits per heavy atom. The number of hydrogen-bond donors (Lipinski definition) is 0. The summed E-state index contributed by atoms with van der Waals surface area (Å²) < 4.78 is 24.3. The summed E-state index contributed by atoms with van der Waals surface area (Å²) in [4.78, 5) is 18.8. The lowest BCUT2D eigenvalue weighted by atomic mass is 10.1. The van der Waals surface area contributed by atoms with E-state index in [2.05, 4.69) is 4.99 Å². The summed E-state index contributed by atoms with van der Waals surface area (Å²) >= 11 is 7.28. The highest BCUT2D eigenvalue weighted by molar-refractivity contribution is 8.16. The Morgan fingerprint density at radius 1 is 1.21 bits per heavy atom. The van der Waals surface area contributed by atoms with Gasteiger partial charge in [-0.25, -0.2) is 8.42 Å². The molecule has 0 aliphatic carbocycles. The van der Waals surface area contributed by atoms with Crippen LogP contribution in [-0.2, 0) is 21.1 Å². The van der Waals surface area contributed by atoms with Gasteiger partial charge in [-0.15, -0.1) is 0 Å². The molecule has 2 aromatic rings. The molecule has 2 aromatic carbocycles. The molecule has 2 aliphatic rings. The molecule has 28 heavy (non-hydrogen) atoms. The van der Waals surface area contributed by atoms with Gasteiger partial charge in [0.05, 0.1) is 24.0 Å². The van der Waals surface area contributed by atoms with Crippen LogP contribution in [0.15, 0.2) is 53.5 Å². The number of carbonyl (C=O) groups excluding carboxylic acids is 1. The van der Waals surface area contributed by atoms with Crippen LogP contribution in [-0.4, -0.2) is 42.3 Å². The van der Waals surface area contributed by atoms with E-state index in [4.69, 9.17) is 11.6 Å². The van der Waals surface area contributed by atoms with Crippen molar-refractivity contribution in [3.63, 3.8) is 0 Å². The third-order valence-electron chi connectivity index (χ3n) is 4.84. The quantitative estimate of drug-likeness (QED) is 0.739. The first-order valence-electron chi connectivity index (χ1n) is 8.90. The van der Waals surface area contributed by atoms with E-state index in [1.165, 1.54) is 11.8 Å². The predicted molar refractivity (Wildman–Crippen MR) is 115 cm³/mol. The predicted octanol–water partition coefficient (Wildman–Crippen LogP) is 3.49. The molecular weight excluding hydrogens is 416 g/mol. The number of fused-ring (bicyclic) bond motifs is 1. The number of aryl methyl sites for hydroxylation is 1. The molecule has 2 fully saturated rings. The Balaban J connectivity index is 1.63. The van der Waals surface area contributed by atoms with Crippen LogP contribution in [0.5, 0.6) is 0 Å². The number of nitrogens with zero attached hydrogens (tertiary/aromatic N) is 2. The van der Waals surface area contributed by atoms with Gasteiger partial charge in [0.15, 0.2) is 15.0 Å². The Hall–Kier alpha value is -1.83. The summed E-state index contributed by atoms with van der Waals surface area (Å²) in [7, 11) is -3.08. The lowest BCUT2D eigenvalue weighted by molar-refractivity contribution is -0.117. The Morgan fingerprint density at radius 3 is 2.68 bits per heavy atom. The van der Waals surface area contributed by atoms with E-state index in [0.29, 0.717) is 10.2 Å². The Kier molecular flexibility index (Phi) is 5.24. The van der Waals surface area contributed by atoms with Gasteiger partial charge in [-0.05, 0) is 42.3 Å². The molecule has 0 bridgehead atoms.